The van der Waals surface area contributed by atoms with Crippen LogP contribution in [0.15, 0.2) is 0 Å². The van der Waals surface area contributed by atoms with Gasteiger partial charge in [-0.1, -0.05) is 15.9 Å². The van der Waals surface area contributed by atoms with Crippen LogP contribution in [0.3, 0.4) is 0 Å². The number of halogens is 1. The molecule has 0 amide bonds. The van der Waals surface area contributed by atoms with E-state index in [0.29, 0.717) is 0 Å². The van der Waals surface area contributed by atoms with Crippen LogP contribution in [0.25, 0.3) is 0 Å². The molecule has 0 spiro atoms. The fourth-order valence-corrected chi connectivity index (χ4v) is 3.32. The van der Waals surface area contributed by atoms with E-state index in [1.54, 1.807) is 0 Å². The second-order valence-corrected chi connectivity index (χ2v) is 6.28. The topological polar surface area (TPSA) is 105 Å². The van der Waals surface area contributed by atoms with Gasteiger partial charge >= 0.3 is 23.9 Å². The summed E-state index contributed by atoms with van der Waals surface area (Å²) in [5, 5.41) is 0. The maximum absolute atomic E-state index is 12.0. The van der Waals surface area contributed by atoms with Crippen LogP contribution < -0.4 is 0 Å². The van der Waals surface area contributed by atoms with Crippen molar-refractivity contribution in [2.45, 2.75) is 50.3 Å². The zero-order chi connectivity index (χ0) is 17.7. The van der Waals surface area contributed by atoms with Gasteiger partial charge in [0.2, 0.25) is 0 Å². The minimum Gasteiger partial charge on any atom is -0.469 e. The molecular formula is C14H19BrO8. The van der Waals surface area contributed by atoms with Crippen LogP contribution in [0.4, 0.5) is 0 Å². The van der Waals surface area contributed by atoms with E-state index < -0.39 is 52.9 Å². The number of hydrogen-bond donors (Lipinski definition) is 0. The maximum atomic E-state index is 12.0. The summed E-state index contributed by atoms with van der Waals surface area (Å²) in [6.07, 6.45) is -2.95. The molecule has 0 aromatic carbocycles. The Kier molecular flexibility index (Phi) is 6.99. The predicted octanol–water partition coefficient (Wildman–Crippen LogP) is 0.738. The normalized spacial score (nSPS) is 30.0. The van der Waals surface area contributed by atoms with Crippen molar-refractivity contribution in [1.82, 2.24) is 0 Å². The molecule has 0 heterocycles. The summed E-state index contributed by atoms with van der Waals surface area (Å²) in [5.41, 5.74) is 0. The number of methoxy groups -OCH3 is 1. The Hall–Kier alpha value is -1.64. The van der Waals surface area contributed by atoms with Gasteiger partial charge in [-0.3, -0.25) is 19.2 Å². The lowest BCUT2D eigenvalue weighted by molar-refractivity contribution is -0.199. The van der Waals surface area contributed by atoms with Gasteiger partial charge in [-0.2, -0.15) is 0 Å². The number of alkyl halides is 1. The molecule has 1 rings (SSSR count). The highest BCUT2D eigenvalue weighted by Gasteiger charge is 2.52. The van der Waals surface area contributed by atoms with Crippen LogP contribution in [0, 0.1) is 5.92 Å². The number of rotatable bonds is 4. The maximum Gasteiger partial charge on any atom is 0.312 e. The first-order chi connectivity index (χ1) is 10.7. The van der Waals surface area contributed by atoms with Crippen molar-refractivity contribution in [1.29, 1.82) is 0 Å². The van der Waals surface area contributed by atoms with Gasteiger partial charge in [-0.25, -0.2) is 0 Å². The molecule has 23 heavy (non-hydrogen) atoms. The van der Waals surface area contributed by atoms with E-state index in [4.69, 9.17) is 18.9 Å². The van der Waals surface area contributed by atoms with Crippen LogP contribution >= 0.6 is 15.9 Å². The van der Waals surface area contributed by atoms with Crippen molar-refractivity contribution in [3.63, 3.8) is 0 Å². The largest absolute Gasteiger partial charge is 0.469 e. The molecule has 9 heteroatoms. The number of esters is 4. The molecule has 8 nitrogen and oxygen atoms in total. The van der Waals surface area contributed by atoms with Crippen LogP contribution in [-0.2, 0) is 38.1 Å². The summed E-state index contributed by atoms with van der Waals surface area (Å²) < 4.78 is 20.3. The number of hydrogen-bond acceptors (Lipinski definition) is 8. The molecule has 130 valence electrons. The number of carbonyl (C=O) groups is 4. The van der Waals surface area contributed by atoms with Crippen molar-refractivity contribution in [2.24, 2.45) is 5.92 Å². The third-order valence-electron chi connectivity index (χ3n) is 3.29. The van der Waals surface area contributed by atoms with E-state index >= 15 is 0 Å². The van der Waals surface area contributed by atoms with E-state index in [0.717, 1.165) is 0 Å². The Labute approximate surface area is 141 Å². The highest BCUT2D eigenvalue weighted by Crippen LogP contribution is 2.36. The second-order valence-electron chi connectivity index (χ2n) is 5.10. The molecule has 0 unspecified atom stereocenters. The summed E-state index contributed by atoms with van der Waals surface area (Å²) >= 11 is 3.33. The molecule has 0 saturated heterocycles. The first-order valence-electron chi connectivity index (χ1n) is 6.91. The van der Waals surface area contributed by atoms with E-state index in [9.17, 15) is 19.2 Å². The zero-order valence-corrected chi connectivity index (χ0v) is 14.8. The van der Waals surface area contributed by atoms with Gasteiger partial charge in [0.15, 0.2) is 18.3 Å². The standard InChI is InChI=1S/C14H19BrO8/c1-6(16)21-11-9(14(19)20-4)5-10(15)12(22-7(2)17)13(11)23-8(3)18/h9-13H,5H2,1-4H3/t9-,10-,11+,12-,13-/m0/s1. The second kappa shape index (κ2) is 8.28. The minimum absolute atomic E-state index is 0.181. The number of ether oxygens (including phenoxy) is 4. The Morgan fingerprint density at radius 2 is 1.26 bits per heavy atom. The van der Waals surface area contributed by atoms with Crippen LogP contribution in [-0.4, -0.2) is 54.1 Å². The van der Waals surface area contributed by atoms with Crippen molar-refractivity contribution in [3.8, 4) is 0 Å². The van der Waals surface area contributed by atoms with Gasteiger partial charge in [0, 0.05) is 20.8 Å². The molecule has 5 atom stereocenters. The van der Waals surface area contributed by atoms with Crippen molar-refractivity contribution in [3.05, 3.63) is 0 Å². The van der Waals surface area contributed by atoms with Gasteiger partial charge in [0.1, 0.15) is 0 Å². The summed E-state index contributed by atoms with van der Waals surface area (Å²) in [5.74, 6) is -3.37. The monoisotopic (exact) mass is 394 g/mol. The lowest BCUT2D eigenvalue weighted by Gasteiger charge is -2.41. The first kappa shape index (κ1) is 19.4. The lowest BCUT2D eigenvalue weighted by Crippen LogP contribution is -2.58. The molecule has 0 radical (unpaired) electrons. The van der Waals surface area contributed by atoms with E-state index in [1.807, 2.05) is 0 Å². The fourth-order valence-electron chi connectivity index (χ4n) is 2.51. The van der Waals surface area contributed by atoms with Gasteiger partial charge in [0.05, 0.1) is 17.9 Å². The summed E-state index contributed by atoms with van der Waals surface area (Å²) in [6, 6.07) is 0. The summed E-state index contributed by atoms with van der Waals surface area (Å²) in [4.78, 5) is 45.6. The third-order valence-corrected chi connectivity index (χ3v) is 4.18. The van der Waals surface area contributed by atoms with Gasteiger partial charge in [-0.15, -0.1) is 0 Å². The predicted molar refractivity (Wildman–Crippen MR) is 79.5 cm³/mol. The molecule has 0 N–H and O–H groups in total. The van der Waals surface area contributed by atoms with E-state index in [2.05, 4.69) is 15.9 Å². The van der Waals surface area contributed by atoms with Crippen molar-refractivity contribution in [2.75, 3.05) is 7.11 Å². The SMILES string of the molecule is COC(=O)[C@H]1C[C@H](Br)[C@H](OC(C)=O)[C@@H](OC(C)=O)[C@@H]1OC(C)=O. The summed E-state index contributed by atoms with van der Waals surface area (Å²) in [6.45, 7) is 3.54. The molecule has 1 saturated carbocycles. The van der Waals surface area contributed by atoms with Gasteiger partial charge in [0.25, 0.3) is 0 Å². The quantitative estimate of drug-likeness (QED) is 0.390. The summed E-state index contributed by atoms with van der Waals surface area (Å²) in [7, 11) is 1.20. The smallest absolute Gasteiger partial charge is 0.312 e. The fraction of sp³-hybridized carbons (Fsp3) is 0.714. The average Bonchev–Trinajstić information content (AvgIpc) is 2.43. The molecule has 1 aliphatic carbocycles. The highest BCUT2D eigenvalue weighted by molar-refractivity contribution is 9.09. The molecule has 0 aromatic heterocycles. The minimum atomic E-state index is -1.12. The third kappa shape index (κ3) is 5.19. The van der Waals surface area contributed by atoms with Crippen LogP contribution in [0.1, 0.15) is 27.2 Å². The van der Waals surface area contributed by atoms with E-state index in [-0.39, 0.29) is 6.42 Å². The molecular weight excluding hydrogens is 376 g/mol. The molecule has 0 bridgehead atoms. The Morgan fingerprint density at radius 1 is 0.826 bits per heavy atom. The van der Waals surface area contributed by atoms with Gasteiger partial charge in [-0.05, 0) is 6.42 Å². The molecule has 0 aromatic rings. The number of carbonyl (C=O) groups excluding carboxylic acids is 4. The van der Waals surface area contributed by atoms with Crippen LogP contribution in [0.2, 0.25) is 0 Å². The first-order valence-corrected chi connectivity index (χ1v) is 7.82. The lowest BCUT2D eigenvalue weighted by atomic mass is 9.82. The van der Waals surface area contributed by atoms with Crippen molar-refractivity contribution < 1.29 is 38.1 Å². The van der Waals surface area contributed by atoms with Crippen molar-refractivity contribution >= 4 is 39.8 Å². The highest BCUT2D eigenvalue weighted by atomic mass is 79.9. The zero-order valence-electron chi connectivity index (χ0n) is 13.2. The average molecular weight is 395 g/mol. The van der Waals surface area contributed by atoms with Gasteiger partial charge < -0.3 is 18.9 Å². The molecule has 1 fully saturated rings. The molecule has 0 aliphatic heterocycles. The van der Waals surface area contributed by atoms with E-state index in [1.165, 1.54) is 27.9 Å². The Bertz CT molecular complexity index is 491. The Balaban J connectivity index is 3.21. The Morgan fingerprint density at radius 3 is 1.70 bits per heavy atom. The molecule has 1 aliphatic rings. The van der Waals surface area contributed by atoms with Crippen LogP contribution in [0.5, 0.6) is 0 Å².